The maximum Gasteiger partial charge on any atom is 0.0542 e. The lowest BCUT2D eigenvalue weighted by molar-refractivity contribution is 0.479. The summed E-state index contributed by atoms with van der Waals surface area (Å²) in [4.78, 5) is 0. The molecule has 3 rings (SSSR count). The van der Waals surface area contributed by atoms with E-state index in [1.165, 1.54) is 16.8 Å². The van der Waals surface area contributed by atoms with Gasteiger partial charge in [0.05, 0.1) is 6.04 Å². The van der Waals surface area contributed by atoms with Gasteiger partial charge < -0.3 is 5.32 Å². The van der Waals surface area contributed by atoms with E-state index in [-0.39, 0.29) is 0 Å². The minimum Gasteiger partial charge on any atom is -0.378 e. The van der Waals surface area contributed by atoms with Crippen molar-refractivity contribution in [3.8, 4) is 0 Å². The van der Waals surface area contributed by atoms with Gasteiger partial charge in [0.15, 0.2) is 0 Å². The van der Waals surface area contributed by atoms with Crippen LogP contribution in [-0.2, 0) is 6.42 Å². The van der Waals surface area contributed by atoms with Crippen LogP contribution in [0.1, 0.15) is 24.1 Å². The molecule has 0 fully saturated rings. The van der Waals surface area contributed by atoms with Crippen LogP contribution in [0, 0.1) is 5.92 Å². The molecule has 2 unspecified atom stereocenters. The summed E-state index contributed by atoms with van der Waals surface area (Å²) in [7, 11) is 0. The van der Waals surface area contributed by atoms with Crippen molar-refractivity contribution in [3.63, 3.8) is 0 Å². The number of hydrogen-bond acceptors (Lipinski definition) is 1. The van der Waals surface area contributed by atoms with Gasteiger partial charge >= 0.3 is 0 Å². The Morgan fingerprint density at radius 1 is 0.941 bits per heavy atom. The van der Waals surface area contributed by atoms with Gasteiger partial charge in [-0.15, -0.1) is 0 Å². The molecule has 0 saturated heterocycles. The molecule has 0 spiro atoms. The molecule has 86 valence electrons. The van der Waals surface area contributed by atoms with Crippen LogP contribution in [0.2, 0.25) is 0 Å². The third-order valence-corrected chi connectivity index (χ3v) is 3.60. The molecule has 1 heterocycles. The van der Waals surface area contributed by atoms with Gasteiger partial charge in [-0.3, -0.25) is 0 Å². The van der Waals surface area contributed by atoms with E-state index in [1.807, 2.05) is 0 Å². The number of rotatable bonds is 1. The summed E-state index contributed by atoms with van der Waals surface area (Å²) in [5, 5.41) is 3.66. The summed E-state index contributed by atoms with van der Waals surface area (Å²) in [5.74, 6) is 0.632. The van der Waals surface area contributed by atoms with Crippen LogP contribution in [0.3, 0.4) is 0 Å². The molecule has 0 radical (unpaired) electrons. The quantitative estimate of drug-likeness (QED) is 0.769. The highest BCUT2D eigenvalue weighted by atomic mass is 14.9. The first-order chi connectivity index (χ1) is 8.34. The Labute approximate surface area is 102 Å². The fourth-order valence-electron chi connectivity index (χ4n) is 2.69. The highest BCUT2D eigenvalue weighted by Gasteiger charge is 2.25. The van der Waals surface area contributed by atoms with E-state index < -0.39 is 0 Å². The molecule has 1 heteroatoms. The lowest BCUT2D eigenvalue weighted by Crippen LogP contribution is -2.25. The van der Waals surface area contributed by atoms with Gasteiger partial charge in [-0.2, -0.15) is 0 Å². The molecular weight excluding hydrogens is 206 g/mol. The van der Waals surface area contributed by atoms with Crippen molar-refractivity contribution in [2.75, 3.05) is 5.32 Å². The zero-order valence-corrected chi connectivity index (χ0v) is 10.1. The van der Waals surface area contributed by atoms with Crippen LogP contribution < -0.4 is 5.32 Å². The van der Waals surface area contributed by atoms with Crippen molar-refractivity contribution in [1.29, 1.82) is 0 Å². The first-order valence-corrected chi connectivity index (χ1v) is 6.24. The number of hydrogen-bond donors (Lipinski definition) is 1. The van der Waals surface area contributed by atoms with Crippen molar-refractivity contribution in [1.82, 2.24) is 0 Å². The number of anilines is 1. The molecule has 1 aliphatic heterocycles. The van der Waals surface area contributed by atoms with Crippen LogP contribution in [0.25, 0.3) is 0 Å². The molecule has 17 heavy (non-hydrogen) atoms. The maximum absolute atomic E-state index is 3.66. The minimum atomic E-state index is 0.436. The SMILES string of the molecule is CC1Cc2ccccc2NC1c1ccccc1. The minimum absolute atomic E-state index is 0.436. The third kappa shape index (κ3) is 1.93. The highest BCUT2D eigenvalue weighted by Crippen LogP contribution is 2.36. The second kappa shape index (κ2) is 4.25. The van der Waals surface area contributed by atoms with Crippen LogP contribution in [-0.4, -0.2) is 0 Å². The monoisotopic (exact) mass is 223 g/mol. The second-order valence-electron chi connectivity index (χ2n) is 4.87. The van der Waals surface area contributed by atoms with Crippen LogP contribution >= 0.6 is 0 Å². The standard InChI is InChI=1S/C16H17N/c1-12-11-14-9-5-6-10-15(14)17-16(12)13-7-3-2-4-8-13/h2-10,12,16-17H,11H2,1H3. The Kier molecular flexibility index (Phi) is 2.60. The van der Waals surface area contributed by atoms with E-state index in [4.69, 9.17) is 0 Å². The van der Waals surface area contributed by atoms with Gasteiger partial charge in [0.1, 0.15) is 0 Å². The molecule has 1 nitrogen and oxygen atoms in total. The lowest BCUT2D eigenvalue weighted by atomic mass is 9.85. The topological polar surface area (TPSA) is 12.0 Å². The first-order valence-electron chi connectivity index (χ1n) is 6.24. The fraction of sp³-hybridized carbons (Fsp3) is 0.250. The predicted molar refractivity (Wildman–Crippen MR) is 72.1 cm³/mol. The molecule has 0 aromatic heterocycles. The molecule has 1 aliphatic rings. The number of para-hydroxylation sites is 1. The first kappa shape index (κ1) is 10.4. The molecule has 0 amide bonds. The molecule has 2 atom stereocenters. The zero-order valence-electron chi connectivity index (χ0n) is 10.1. The van der Waals surface area contributed by atoms with Crippen molar-refractivity contribution >= 4 is 5.69 Å². The molecule has 0 saturated carbocycles. The van der Waals surface area contributed by atoms with Gasteiger partial charge in [0.25, 0.3) is 0 Å². The van der Waals surface area contributed by atoms with E-state index >= 15 is 0 Å². The summed E-state index contributed by atoms with van der Waals surface area (Å²) >= 11 is 0. The Morgan fingerprint density at radius 2 is 1.65 bits per heavy atom. The van der Waals surface area contributed by atoms with E-state index in [2.05, 4.69) is 66.8 Å². The highest BCUT2D eigenvalue weighted by molar-refractivity contribution is 5.55. The Hall–Kier alpha value is -1.76. The Balaban J connectivity index is 1.95. The number of nitrogens with one attached hydrogen (secondary N) is 1. The molecule has 0 aliphatic carbocycles. The van der Waals surface area contributed by atoms with Gasteiger partial charge in [0, 0.05) is 5.69 Å². The second-order valence-corrected chi connectivity index (χ2v) is 4.87. The fourth-order valence-corrected chi connectivity index (χ4v) is 2.69. The van der Waals surface area contributed by atoms with Gasteiger partial charge in [-0.25, -0.2) is 0 Å². The lowest BCUT2D eigenvalue weighted by Gasteiger charge is -2.33. The molecule has 2 aromatic rings. The molecule has 2 aromatic carbocycles. The third-order valence-electron chi connectivity index (χ3n) is 3.60. The van der Waals surface area contributed by atoms with Crippen LogP contribution in [0.4, 0.5) is 5.69 Å². The van der Waals surface area contributed by atoms with Crippen LogP contribution in [0.15, 0.2) is 54.6 Å². The summed E-state index contributed by atoms with van der Waals surface area (Å²) in [5.41, 5.74) is 4.11. The summed E-state index contributed by atoms with van der Waals surface area (Å²) in [6.45, 7) is 2.32. The van der Waals surface area contributed by atoms with E-state index in [0.717, 1.165) is 6.42 Å². The largest absolute Gasteiger partial charge is 0.378 e. The zero-order chi connectivity index (χ0) is 11.7. The van der Waals surface area contributed by atoms with Gasteiger partial charge in [-0.05, 0) is 29.5 Å². The number of benzene rings is 2. The van der Waals surface area contributed by atoms with Crippen LogP contribution in [0.5, 0.6) is 0 Å². The predicted octanol–water partition coefficient (Wildman–Crippen LogP) is 4.03. The molecule has 0 bridgehead atoms. The maximum atomic E-state index is 3.66. The summed E-state index contributed by atoms with van der Waals surface area (Å²) in [6, 6.07) is 19.8. The smallest absolute Gasteiger partial charge is 0.0542 e. The number of fused-ring (bicyclic) bond motifs is 1. The summed E-state index contributed by atoms with van der Waals surface area (Å²) in [6.07, 6.45) is 1.16. The Morgan fingerprint density at radius 3 is 2.47 bits per heavy atom. The summed E-state index contributed by atoms with van der Waals surface area (Å²) < 4.78 is 0. The van der Waals surface area contributed by atoms with Gasteiger partial charge in [-0.1, -0.05) is 55.5 Å². The van der Waals surface area contributed by atoms with E-state index in [1.54, 1.807) is 0 Å². The van der Waals surface area contributed by atoms with E-state index in [9.17, 15) is 0 Å². The van der Waals surface area contributed by atoms with Crippen molar-refractivity contribution in [2.45, 2.75) is 19.4 Å². The van der Waals surface area contributed by atoms with E-state index in [0.29, 0.717) is 12.0 Å². The molecular formula is C16H17N. The Bertz CT molecular complexity index is 504. The van der Waals surface area contributed by atoms with Crippen molar-refractivity contribution in [3.05, 3.63) is 65.7 Å². The van der Waals surface area contributed by atoms with Gasteiger partial charge in [0.2, 0.25) is 0 Å². The normalized spacial score (nSPS) is 22.6. The molecule has 1 N–H and O–H groups in total. The van der Waals surface area contributed by atoms with Crippen molar-refractivity contribution in [2.24, 2.45) is 5.92 Å². The average molecular weight is 223 g/mol. The average Bonchev–Trinajstić information content (AvgIpc) is 2.39. The van der Waals surface area contributed by atoms with Crippen molar-refractivity contribution < 1.29 is 0 Å².